The van der Waals surface area contributed by atoms with Crippen LogP contribution in [0.15, 0.2) is 0 Å². The predicted octanol–water partition coefficient (Wildman–Crippen LogP) is 2.82. The van der Waals surface area contributed by atoms with Gasteiger partial charge in [0.2, 0.25) is 0 Å². The summed E-state index contributed by atoms with van der Waals surface area (Å²) in [7, 11) is 5.48. The third-order valence-corrected chi connectivity index (χ3v) is 2.28. The van der Waals surface area contributed by atoms with Crippen molar-refractivity contribution in [2.24, 2.45) is 5.92 Å². The highest BCUT2D eigenvalue weighted by Crippen LogP contribution is 2.11. The lowest BCUT2D eigenvalue weighted by molar-refractivity contribution is 0.471. The van der Waals surface area contributed by atoms with Gasteiger partial charge in [-0.15, -0.1) is 18.5 Å². The van der Waals surface area contributed by atoms with E-state index < -0.39 is 0 Å². The molecule has 0 aliphatic heterocycles. The molecular formula is C9H23NP2. The molecule has 0 aliphatic carbocycles. The van der Waals surface area contributed by atoms with Gasteiger partial charge in [0.1, 0.15) is 0 Å². The highest BCUT2D eigenvalue weighted by Gasteiger charge is 2.03. The fourth-order valence-electron chi connectivity index (χ4n) is 1.24. The Morgan fingerprint density at radius 3 is 2.08 bits per heavy atom. The molecule has 12 heavy (non-hydrogen) atoms. The summed E-state index contributed by atoms with van der Waals surface area (Å²) < 4.78 is 0. The summed E-state index contributed by atoms with van der Waals surface area (Å²) in [5, 5.41) is 3.44. The fourth-order valence-corrected chi connectivity index (χ4v) is 1.90. The Bertz CT molecular complexity index is 105. The van der Waals surface area contributed by atoms with E-state index in [0.29, 0.717) is 11.6 Å². The minimum absolute atomic E-state index is 0.457. The van der Waals surface area contributed by atoms with Gasteiger partial charge in [-0.25, -0.2) is 0 Å². The van der Waals surface area contributed by atoms with Crippen molar-refractivity contribution in [3.05, 3.63) is 0 Å². The van der Waals surface area contributed by atoms with Crippen LogP contribution in [0.1, 0.15) is 40.0 Å². The SMILES string of the molecule is CC(C)CCCC(C)NC(P)P. The molecule has 0 aliphatic rings. The van der Waals surface area contributed by atoms with Crippen molar-refractivity contribution >= 4 is 18.5 Å². The van der Waals surface area contributed by atoms with Crippen molar-refractivity contribution in [2.75, 3.05) is 0 Å². The minimum atomic E-state index is 0.457. The maximum Gasteiger partial charge on any atom is 0.0354 e. The first-order valence-electron chi connectivity index (χ1n) is 4.79. The van der Waals surface area contributed by atoms with Gasteiger partial charge < -0.3 is 5.32 Å². The van der Waals surface area contributed by atoms with E-state index in [1.54, 1.807) is 0 Å². The van der Waals surface area contributed by atoms with Gasteiger partial charge in [0, 0.05) is 11.6 Å². The van der Waals surface area contributed by atoms with Gasteiger partial charge in [0.05, 0.1) is 0 Å². The fraction of sp³-hybridized carbons (Fsp3) is 1.00. The Balaban J connectivity index is 3.25. The van der Waals surface area contributed by atoms with Gasteiger partial charge in [0.25, 0.3) is 0 Å². The summed E-state index contributed by atoms with van der Waals surface area (Å²) in [6.07, 6.45) is 3.98. The van der Waals surface area contributed by atoms with Crippen LogP contribution in [-0.2, 0) is 0 Å². The van der Waals surface area contributed by atoms with Crippen molar-refractivity contribution in [2.45, 2.75) is 51.6 Å². The Hall–Kier alpha value is 0.820. The van der Waals surface area contributed by atoms with Crippen molar-refractivity contribution in [1.29, 1.82) is 0 Å². The van der Waals surface area contributed by atoms with E-state index >= 15 is 0 Å². The molecule has 0 amide bonds. The molecule has 1 N–H and O–H groups in total. The molecule has 74 valence electrons. The number of rotatable bonds is 6. The van der Waals surface area contributed by atoms with Gasteiger partial charge in [-0.3, -0.25) is 0 Å². The smallest absolute Gasteiger partial charge is 0.0354 e. The van der Waals surface area contributed by atoms with Crippen molar-refractivity contribution < 1.29 is 0 Å². The Morgan fingerprint density at radius 1 is 1.08 bits per heavy atom. The van der Waals surface area contributed by atoms with Gasteiger partial charge in [0.15, 0.2) is 0 Å². The predicted molar refractivity (Wildman–Crippen MR) is 64.5 cm³/mol. The first-order chi connectivity index (χ1) is 5.52. The maximum absolute atomic E-state index is 3.44. The molecule has 0 radical (unpaired) electrons. The highest BCUT2D eigenvalue weighted by atomic mass is 31.1. The van der Waals surface area contributed by atoms with Crippen LogP contribution in [0.4, 0.5) is 0 Å². The second-order valence-corrected chi connectivity index (χ2v) is 6.12. The third kappa shape index (κ3) is 8.91. The lowest BCUT2D eigenvalue weighted by Gasteiger charge is -2.16. The summed E-state index contributed by atoms with van der Waals surface area (Å²) >= 11 is 0. The molecule has 0 bridgehead atoms. The number of hydrogen-bond acceptors (Lipinski definition) is 1. The molecule has 0 spiro atoms. The molecule has 0 aromatic rings. The van der Waals surface area contributed by atoms with E-state index in [1.807, 2.05) is 0 Å². The molecule has 0 heterocycles. The normalized spacial score (nSPS) is 14.2. The summed E-state index contributed by atoms with van der Waals surface area (Å²) in [4.78, 5) is 0. The van der Waals surface area contributed by atoms with Crippen LogP contribution in [-0.4, -0.2) is 11.6 Å². The quantitative estimate of drug-likeness (QED) is 0.660. The summed E-state index contributed by atoms with van der Waals surface area (Å²) in [5.74, 6) is 0.847. The monoisotopic (exact) mass is 207 g/mol. The second kappa shape index (κ2) is 7.25. The van der Waals surface area contributed by atoms with E-state index in [2.05, 4.69) is 44.6 Å². The molecule has 0 saturated carbocycles. The summed E-state index contributed by atoms with van der Waals surface area (Å²) in [6.45, 7) is 6.82. The van der Waals surface area contributed by atoms with Crippen molar-refractivity contribution in [1.82, 2.24) is 5.32 Å². The zero-order valence-electron chi connectivity index (χ0n) is 8.51. The van der Waals surface area contributed by atoms with Crippen molar-refractivity contribution in [3.8, 4) is 0 Å². The molecule has 3 heteroatoms. The minimum Gasteiger partial charge on any atom is -0.305 e. The summed E-state index contributed by atoms with van der Waals surface area (Å²) in [6, 6.07) is 0.642. The Labute approximate surface area is 81.9 Å². The van der Waals surface area contributed by atoms with Gasteiger partial charge in [-0.05, 0) is 19.3 Å². The average molecular weight is 207 g/mol. The molecule has 0 aromatic carbocycles. The van der Waals surface area contributed by atoms with E-state index in [4.69, 9.17) is 0 Å². The van der Waals surface area contributed by atoms with E-state index in [-0.39, 0.29) is 0 Å². The Kier molecular flexibility index (Phi) is 7.74. The van der Waals surface area contributed by atoms with Crippen LogP contribution in [0.5, 0.6) is 0 Å². The van der Waals surface area contributed by atoms with Gasteiger partial charge in [-0.2, -0.15) is 0 Å². The molecule has 1 nitrogen and oxygen atoms in total. The number of hydrogen-bond donors (Lipinski definition) is 1. The second-order valence-electron chi connectivity index (χ2n) is 3.92. The lowest BCUT2D eigenvalue weighted by atomic mass is 10.0. The Morgan fingerprint density at radius 2 is 1.67 bits per heavy atom. The first kappa shape index (κ1) is 12.8. The molecule has 3 unspecified atom stereocenters. The van der Waals surface area contributed by atoms with E-state index in [0.717, 1.165) is 5.92 Å². The van der Waals surface area contributed by atoms with Crippen LogP contribution in [0.25, 0.3) is 0 Å². The van der Waals surface area contributed by atoms with Crippen LogP contribution in [0, 0.1) is 5.92 Å². The van der Waals surface area contributed by atoms with Crippen molar-refractivity contribution in [3.63, 3.8) is 0 Å². The van der Waals surface area contributed by atoms with Crippen LogP contribution in [0.3, 0.4) is 0 Å². The van der Waals surface area contributed by atoms with E-state index in [9.17, 15) is 0 Å². The third-order valence-electron chi connectivity index (χ3n) is 1.90. The van der Waals surface area contributed by atoms with E-state index in [1.165, 1.54) is 19.3 Å². The number of nitrogens with one attached hydrogen (secondary N) is 1. The largest absolute Gasteiger partial charge is 0.305 e. The average Bonchev–Trinajstić information content (AvgIpc) is 1.84. The molecule has 0 rings (SSSR count). The zero-order valence-corrected chi connectivity index (χ0v) is 10.8. The lowest BCUT2D eigenvalue weighted by Crippen LogP contribution is -2.28. The van der Waals surface area contributed by atoms with Gasteiger partial charge >= 0.3 is 0 Å². The zero-order chi connectivity index (χ0) is 9.56. The molecule has 0 fully saturated rings. The molecule has 3 atom stereocenters. The molecular weight excluding hydrogens is 184 g/mol. The standard InChI is InChI=1S/C9H23NP2/c1-7(2)5-4-6-8(3)10-9(11)12/h7-10H,4-6,11-12H2,1-3H3. The van der Waals surface area contributed by atoms with Crippen LogP contribution in [0.2, 0.25) is 0 Å². The topological polar surface area (TPSA) is 12.0 Å². The molecule has 0 saturated heterocycles. The van der Waals surface area contributed by atoms with Gasteiger partial charge in [-0.1, -0.05) is 26.7 Å². The maximum atomic E-state index is 3.44. The first-order valence-corrected chi connectivity index (χ1v) is 6.13. The van der Waals surface area contributed by atoms with Crippen LogP contribution < -0.4 is 5.32 Å². The summed E-state index contributed by atoms with van der Waals surface area (Å²) in [5.41, 5.74) is 0.457. The highest BCUT2D eigenvalue weighted by molar-refractivity contribution is 7.37. The molecule has 0 aromatic heterocycles. The van der Waals surface area contributed by atoms with Crippen LogP contribution >= 0.6 is 18.5 Å².